The molecule has 4 nitrogen and oxygen atoms in total. The Morgan fingerprint density at radius 1 is 1.31 bits per heavy atom. The highest BCUT2D eigenvalue weighted by Gasteiger charge is 2.25. The molecule has 1 aromatic carbocycles. The van der Waals surface area contributed by atoms with E-state index in [-0.39, 0.29) is 12.6 Å². The first-order valence-electron chi connectivity index (χ1n) is 5.47. The van der Waals surface area contributed by atoms with E-state index in [1.807, 2.05) is 24.3 Å². The molecule has 2 rings (SSSR count). The molecule has 0 spiro atoms. The van der Waals surface area contributed by atoms with Crippen LogP contribution in [0.4, 0.5) is 0 Å². The zero-order valence-electron chi connectivity index (χ0n) is 9.10. The number of benzene rings is 1. The molecule has 3 N–H and O–H groups in total. The SMILES string of the molecule is OCc1cccc(CNC2COCC2O)c1. The molecule has 0 bridgehead atoms. The average molecular weight is 223 g/mol. The van der Waals surface area contributed by atoms with Crippen LogP contribution in [0.1, 0.15) is 11.1 Å². The summed E-state index contributed by atoms with van der Waals surface area (Å²) in [5.41, 5.74) is 2.01. The summed E-state index contributed by atoms with van der Waals surface area (Å²) in [6.07, 6.45) is -0.416. The fourth-order valence-corrected chi connectivity index (χ4v) is 1.82. The van der Waals surface area contributed by atoms with Crippen molar-refractivity contribution in [3.63, 3.8) is 0 Å². The molecule has 1 aliphatic rings. The van der Waals surface area contributed by atoms with E-state index in [4.69, 9.17) is 9.84 Å². The molecule has 1 aromatic rings. The summed E-state index contributed by atoms with van der Waals surface area (Å²) < 4.78 is 5.15. The van der Waals surface area contributed by atoms with Crippen LogP contribution in [0.3, 0.4) is 0 Å². The lowest BCUT2D eigenvalue weighted by atomic mass is 10.1. The normalized spacial score (nSPS) is 24.9. The highest BCUT2D eigenvalue weighted by atomic mass is 16.5. The first kappa shape index (κ1) is 11.5. The minimum Gasteiger partial charge on any atom is -0.392 e. The van der Waals surface area contributed by atoms with Crippen molar-refractivity contribution in [3.8, 4) is 0 Å². The third-order valence-corrected chi connectivity index (χ3v) is 2.79. The van der Waals surface area contributed by atoms with Gasteiger partial charge in [-0.05, 0) is 11.1 Å². The monoisotopic (exact) mass is 223 g/mol. The molecule has 0 amide bonds. The second-order valence-electron chi connectivity index (χ2n) is 4.07. The van der Waals surface area contributed by atoms with Gasteiger partial charge in [0.15, 0.2) is 0 Å². The fourth-order valence-electron chi connectivity index (χ4n) is 1.82. The van der Waals surface area contributed by atoms with Gasteiger partial charge in [0.25, 0.3) is 0 Å². The fraction of sp³-hybridized carbons (Fsp3) is 0.500. The first-order valence-corrected chi connectivity index (χ1v) is 5.47. The molecule has 1 aliphatic heterocycles. The van der Waals surface area contributed by atoms with Crippen LogP contribution in [0.5, 0.6) is 0 Å². The minimum absolute atomic E-state index is 0.0118. The molecule has 2 atom stereocenters. The summed E-state index contributed by atoms with van der Waals surface area (Å²) in [6, 6.07) is 7.77. The van der Waals surface area contributed by atoms with E-state index in [9.17, 15) is 5.11 Å². The highest BCUT2D eigenvalue weighted by Crippen LogP contribution is 2.08. The van der Waals surface area contributed by atoms with Gasteiger partial charge in [-0.25, -0.2) is 0 Å². The van der Waals surface area contributed by atoms with Gasteiger partial charge in [0.05, 0.1) is 32.0 Å². The van der Waals surface area contributed by atoms with Gasteiger partial charge in [-0.3, -0.25) is 0 Å². The topological polar surface area (TPSA) is 61.7 Å². The van der Waals surface area contributed by atoms with Gasteiger partial charge in [-0.1, -0.05) is 24.3 Å². The molecule has 1 fully saturated rings. The van der Waals surface area contributed by atoms with Crippen LogP contribution >= 0.6 is 0 Å². The van der Waals surface area contributed by atoms with E-state index in [1.165, 1.54) is 0 Å². The Labute approximate surface area is 94.9 Å². The lowest BCUT2D eigenvalue weighted by molar-refractivity contribution is 0.122. The van der Waals surface area contributed by atoms with Crippen LogP contribution in [0.25, 0.3) is 0 Å². The maximum absolute atomic E-state index is 9.54. The Hall–Kier alpha value is -0.940. The lowest BCUT2D eigenvalue weighted by Gasteiger charge is -2.14. The van der Waals surface area contributed by atoms with Gasteiger partial charge >= 0.3 is 0 Å². The van der Waals surface area contributed by atoms with E-state index in [0.717, 1.165) is 11.1 Å². The smallest absolute Gasteiger partial charge is 0.0948 e. The number of aliphatic hydroxyl groups is 2. The van der Waals surface area contributed by atoms with E-state index in [1.54, 1.807) is 0 Å². The Morgan fingerprint density at radius 2 is 2.12 bits per heavy atom. The summed E-state index contributed by atoms with van der Waals surface area (Å²) in [4.78, 5) is 0. The molecule has 0 saturated carbocycles. The van der Waals surface area contributed by atoms with Crippen LogP contribution in [0, 0.1) is 0 Å². The molecule has 1 heterocycles. The van der Waals surface area contributed by atoms with Crippen LogP contribution in [0.2, 0.25) is 0 Å². The maximum atomic E-state index is 9.54. The van der Waals surface area contributed by atoms with Gasteiger partial charge < -0.3 is 20.3 Å². The van der Waals surface area contributed by atoms with Crippen LogP contribution in [-0.2, 0) is 17.9 Å². The zero-order valence-corrected chi connectivity index (χ0v) is 9.10. The first-order chi connectivity index (χ1) is 7.79. The Balaban J connectivity index is 1.88. The summed E-state index contributed by atoms with van der Waals surface area (Å²) in [7, 11) is 0. The Morgan fingerprint density at radius 3 is 2.81 bits per heavy atom. The molecule has 4 heteroatoms. The van der Waals surface area contributed by atoms with Gasteiger partial charge in [0.2, 0.25) is 0 Å². The number of aliphatic hydroxyl groups excluding tert-OH is 2. The van der Waals surface area contributed by atoms with Crippen molar-refractivity contribution in [1.82, 2.24) is 5.32 Å². The maximum Gasteiger partial charge on any atom is 0.0948 e. The zero-order chi connectivity index (χ0) is 11.4. The van der Waals surface area contributed by atoms with Crippen LogP contribution < -0.4 is 5.32 Å². The molecule has 2 unspecified atom stereocenters. The third kappa shape index (κ3) is 2.80. The molecule has 0 aliphatic carbocycles. The average Bonchev–Trinajstić information content (AvgIpc) is 2.72. The third-order valence-electron chi connectivity index (χ3n) is 2.79. The van der Waals surface area contributed by atoms with Crippen molar-refractivity contribution >= 4 is 0 Å². The van der Waals surface area contributed by atoms with Crippen molar-refractivity contribution in [1.29, 1.82) is 0 Å². The quantitative estimate of drug-likeness (QED) is 0.674. The van der Waals surface area contributed by atoms with Gasteiger partial charge in [-0.15, -0.1) is 0 Å². The van der Waals surface area contributed by atoms with E-state index < -0.39 is 6.10 Å². The number of hydrogen-bond acceptors (Lipinski definition) is 4. The van der Waals surface area contributed by atoms with E-state index >= 15 is 0 Å². The Kier molecular flexibility index (Phi) is 3.90. The summed E-state index contributed by atoms with van der Waals surface area (Å²) in [5, 5.41) is 21.8. The largest absolute Gasteiger partial charge is 0.392 e. The van der Waals surface area contributed by atoms with E-state index in [0.29, 0.717) is 19.8 Å². The molecule has 1 saturated heterocycles. The van der Waals surface area contributed by atoms with Crippen molar-refractivity contribution in [2.75, 3.05) is 13.2 Å². The second-order valence-corrected chi connectivity index (χ2v) is 4.07. The summed E-state index contributed by atoms with van der Waals surface area (Å²) in [5.74, 6) is 0. The molecular formula is C12H17NO3. The second kappa shape index (κ2) is 5.41. The number of rotatable bonds is 4. The summed E-state index contributed by atoms with van der Waals surface area (Å²) >= 11 is 0. The lowest BCUT2D eigenvalue weighted by Crippen LogP contribution is -2.38. The predicted molar refractivity (Wildman–Crippen MR) is 59.8 cm³/mol. The van der Waals surface area contributed by atoms with Gasteiger partial charge in [0.1, 0.15) is 0 Å². The number of hydrogen-bond donors (Lipinski definition) is 3. The van der Waals surface area contributed by atoms with Crippen LogP contribution in [0.15, 0.2) is 24.3 Å². The number of nitrogens with one attached hydrogen (secondary N) is 1. The van der Waals surface area contributed by atoms with Crippen molar-refractivity contribution in [3.05, 3.63) is 35.4 Å². The van der Waals surface area contributed by atoms with Crippen molar-refractivity contribution in [2.24, 2.45) is 0 Å². The highest BCUT2D eigenvalue weighted by molar-refractivity contribution is 5.22. The predicted octanol–water partition coefficient (Wildman–Crippen LogP) is 0.0282. The van der Waals surface area contributed by atoms with Crippen LogP contribution in [-0.4, -0.2) is 35.6 Å². The Bertz CT molecular complexity index is 343. The molecule has 88 valence electrons. The minimum atomic E-state index is -0.416. The number of ether oxygens (including phenoxy) is 1. The van der Waals surface area contributed by atoms with Gasteiger partial charge in [-0.2, -0.15) is 0 Å². The summed E-state index contributed by atoms with van der Waals surface area (Å²) in [6.45, 7) is 1.71. The molecule has 0 radical (unpaired) electrons. The molecule has 0 aromatic heterocycles. The van der Waals surface area contributed by atoms with E-state index in [2.05, 4.69) is 5.32 Å². The standard InChI is InChI=1S/C12H17NO3/c14-6-10-3-1-2-9(4-10)5-13-11-7-16-8-12(11)15/h1-4,11-15H,5-8H2. The molecule has 16 heavy (non-hydrogen) atoms. The van der Waals surface area contributed by atoms with Crippen molar-refractivity contribution < 1.29 is 14.9 Å². The van der Waals surface area contributed by atoms with Crippen molar-refractivity contribution in [2.45, 2.75) is 25.3 Å². The van der Waals surface area contributed by atoms with Gasteiger partial charge in [0, 0.05) is 6.54 Å². The molecular weight excluding hydrogens is 206 g/mol.